The van der Waals surface area contributed by atoms with Crippen molar-refractivity contribution in [3.8, 4) is 0 Å². The lowest BCUT2D eigenvalue weighted by Crippen LogP contribution is -2.41. The number of rotatable bonds is 9. The van der Waals surface area contributed by atoms with Crippen LogP contribution in [0, 0.1) is 0 Å². The standard InChI is InChI=1S/C20H38O3/c1-3-20(4-2,23-19-13-9-6-10-14-19)15-17(21)16-22-18-11-7-5-8-12-18/h17-19,21H,3-16H2,1-2H3. The van der Waals surface area contributed by atoms with Gasteiger partial charge in [-0.1, -0.05) is 52.4 Å². The monoisotopic (exact) mass is 326 g/mol. The zero-order valence-corrected chi connectivity index (χ0v) is 15.4. The average molecular weight is 327 g/mol. The topological polar surface area (TPSA) is 38.7 Å². The largest absolute Gasteiger partial charge is 0.391 e. The highest BCUT2D eigenvalue weighted by atomic mass is 16.5. The van der Waals surface area contributed by atoms with Gasteiger partial charge < -0.3 is 14.6 Å². The smallest absolute Gasteiger partial charge is 0.0801 e. The maximum absolute atomic E-state index is 10.5. The predicted octanol–water partition coefficient (Wildman–Crippen LogP) is 4.99. The predicted molar refractivity (Wildman–Crippen MR) is 94.7 cm³/mol. The first-order valence-corrected chi connectivity index (χ1v) is 10.1. The minimum atomic E-state index is -0.402. The molecule has 2 aliphatic rings. The molecule has 136 valence electrons. The van der Waals surface area contributed by atoms with E-state index in [1.165, 1.54) is 51.4 Å². The summed E-state index contributed by atoms with van der Waals surface area (Å²) in [6.07, 6.45) is 15.6. The average Bonchev–Trinajstić information content (AvgIpc) is 2.61. The van der Waals surface area contributed by atoms with Gasteiger partial charge in [-0.25, -0.2) is 0 Å². The first kappa shape index (κ1) is 19.2. The molecule has 0 saturated heterocycles. The summed E-state index contributed by atoms with van der Waals surface area (Å²) in [5, 5.41) is 10.5. The molecule has 1 atom stereocenters. The Morgan fingerprint density at radius 1 is 0.870 bits per heavy atom. The zero-order chi connectivity index (χ0) is 16.5. The molecule has 1 N–H and O–H groups in total. The van der Waals surface area contributed by atoms with Crippen LogP contribution in [0.3, 0.4) is 0 Å². The second-order valence-corrected chi connectivity index (χ2v) is 7.72. The Hall–Kier alpha value is -0.120. The molecule has 0 aliphatic heterocycles. The number of hydrogen-bond donors (Lipinski definition) is 1. The maximum Gasteiger partial charge on any atom is 0.0801 e. The van der Waals surface area contributed by atoms with E-state index in [9.17, 15) is 5.11 Å². The summed E-state index contributed by atoms with van der Waals surface area (Å²) < 4.78 is 12.5. The molecular weight excluding hydrogens is 288 g/mol. The number of hydrogen-bond acceptors (Lipinski definition) is 3. The van der Waals surface area contributed by atoms with Crippen LogP contribution in [-0.4, -0.2) is 35.6 Å². The Morgan fingerprint density at radius 3 is 1.91 bits per heavy atom. The van der Waals surface area contributed by atoms with Gasteiger partial charge in [0.1, 0.15) is 0 Å². The highest BCUT2D eigenvalue weighted by Gasteiger charge is 2.33. The Kier molecular flexibility index (Phi) is 8.35. The van der Waals surface area contributed by atoms with E-state index in [1.54, 1.807) is 0 Å². The Labute approximate surface area is 143 Å². The second kappa shape index (κ2) is 10.0. The van der Waals surface area contributed by atoms with Crippen molar-refractivity contribution >= 4 is 0 Å². The fraction of sp³-hybridized carbons (Fsp3) is 1.00. The third-order valence-electron chi connectivity index (χ3n) is 5.94. The molecule has 3 nitrogen and oxygen atoms in total. The molecule has 2 aliphatic carbocycles. The fourth-order valence-electron chi connectivity index (χ4n) is 4.26. The number of ether oxygens (including phenoxy) is 2. The van der Waals surface area contributed by atoms with Crippen molar-refractivity contribution in [1.82, 2.24) is 0 Å². The molecule has 0 bridgehead atoms. The van der Waals surface area contributed by atoms with Gasteiger partial charge in [0, 0.05) is 6.42 Å². The van der Waals surface area contributed by atoms with Gasteiger partial charge in [-0.15, -0.1) is 0 Å². The van der Waals surface area contributed by atoms with E-state index in [2.05, 4.69) is 13.8 Å². The van der Waals surface area contributed by atoms with Gasteiger partial charge >= 0.3 is 0 Å². The minimum Gasteiger partial charge on any atom is -0.391 e. The molecule has 0 radical (unpaired) electrons. The molecule has 0 aromatic rings. The molecule has 3 heteroatoms. The molecule has 0 spiro atoms. The van der Waals surface area contributed by atoms with Gasteiger partial charge in [0.05, 0.1) is 30.5 Å². The van der Waals surface area contributed by atoms with E-state index < -0.39 is 6.10 Å². The first-order valence-electron chi connectivity index (χ1n) is 10.1. The third kappa shape index (κ3) is 6.36. The lowest BCUT2D eigenvalue weighted by atomic mass is 9.88. The van der Waals surface area contributed by atoms with Crippen molar-refractivity contribution < 1.29 is 14.6 Å². The van der Waals surface area contributed by atoms with Crippen molar-refractivity contribution in [3.63, 3.8) is 0 Å². The van der Waals surface area contributed by atoms with Crippen LogP contribution in [0.4, 0.5) is 0 Å². The Balaban J connectivity index is 1.78. The van der Waals surface area contributed by atoms with Gasteiger partial charge in [0.2, 0.25) is 0 Å². The molecule has 0 aromatic heterocycles. The number of aliphatic hydroxyl groups is 1. The van der Waals surface area contributed by atoms with Crippen LogP contribution in [0.5, 0.6) is 0 Å². The molecule has 2 fully saturated rings. The Bertz CT molecular complexity index is 302. The fourth-order valence-corrected chi connectivity index (χ4v) is 4.26. The van der Waals surface area contributed by atoms with E-state index in [1.807, 2.05) is 0 Å². The van der Waals surface area contributed by atoms with Crippen LogP contribution in [0.15, 0.2) is 0 Å². The van der Waals surface area contributed by atoms with Crippen LogP contribution in [0.25, 0.3) is 0 Å². The van der Waals surface area contributed by atoms with Crippen molar-refractivity contribution in [3.05, 3.63) is 0 Å². The summed E-state index contributed by atoms with van der Waals surface area (Å²) in [5.41, 5.74) is -0.169. The van der Waals surface area contributed by atoms with E-state index >= 15 is 0 Å². The SMILES string of the molecule is CCC(CC)(CC(O)COC1CCCCC1)OC1CCCCC1. The van der Waals surface area contributed by atoms with Crippen molar-refractivity contribution in [2.75, 3.05) is 6.61 Å². The van der Waals surface area contributed by atoms with E-state index in [0.717, 1.165) is 25.7 Å². The van der Waals surface area contributed by atoms with Gasteiger partial charge in [0.15, 0.2) is 0 Å². The maximum atomic E-state index is 10.5. The highest BCUT2D eigenvalue weighted by Crippen LogP contribution is 2.33. The van der Waals surface area contributed by atoms with Crippen LogP contribution >= 0.6 is 0 Å². The van der Waals surface area contributed by atoms with Gasteiger partial charge in [-0.2, -0.15) is 0 Å². The summed E-state index contributed by atoms with van der Waals surface area (Å²) in [4.78, 5) is 0. The normalized spacial score (nSPS) is 23.1. The second-order valence-electron chi connectivity index (χ2n) is 7.72. The van der Waals surface area contributed by atoms with Crippen molar-refractivity contribution in [2.24, 2.45) is 0 Å². The summed E-state index contributed by atoms with van der Waals surface area (Å²) in [7, 11) is 0. The quantitative estimate of drug-likeness (QED) is 0.648. The first-order chi connectivity index (χ1) is 11.2. The zero-order valence-electron chi connectivity index (χ0n) is 15.4. The third-order valence-corrected chi connectivity index (χ3v) is 5.94. The molecule has 0 heterocycles. The van der Waals surface area contributed by atoms with Crippen molar-refractivity contribution in [1.29, 1.82) is 0 Å². The van der Waals surface area contributed by atoms with Crippen LogP contribution in [-0.2, 0) is 9.47 Å². The van der Waals surface area contributed by atoms with Gasteiger partial charge in [0.25, 0.3) is 0 Å². The molecule has 0 amide bonds. The lowest BCUT2D eigenvalue weighted by Gasteiger charge is -2.39. The molecule has 1 unspecified atom stereocenters. The van der Waals surface area contributed by atoms with E-state index in [-0.39, 0.29) is 5.60 Å². The molecule has 2 saturated carbocycles. The van der Waals surface area contributed by atoms with Crippen LogP contribution in [0.1, 0.15) is 97.3 Å². The highest BCUT2D eigenvalue weighted by molar-refractivity contribution is 4.84. The molecule has 0 aromatic carbocycles. The van der Waals surface area contributed by atoms with Crippen LogP contribution < -0.4 is 0 Å². The van der Waals surface area contributed by atoms with E-state index in [4.69, 9.17) is 9.47 Å². The number of aliphatic hydroxyl groups excluding tert-OH is 1. The summed E-state index contributed by atoms with van der Waals surface area (Å²) in [5.74, 6) is 0. The lowest BCUT2D eigenvalue weighted by molar-refractivity contribution is -0.137. The molecule has 23 heavy (non-hydrogen) atoms. The summed E-state index contributed by atoms with van der Waals surface area (Å²) in [6.45, 7) is 4.86. The van der Waals surface area contributed by atoms with E-state index in [0.29, 0.717) is 25.2 Å². The summed E-state index contributed by atoms with van der Waals surface area (Å²) in [6, 6.07) is 0. The minimum absolute atomic E-state index is 0.169. The Morgan fingerprint density at radius 2 is 1.39 bits per heavy atom. The molecular formula is C20H38O3. The van der Waals surface area contributed by atoms with Gasteiger partial charge in [-0.05, 0) is 38.5 Å². The van der Waals surface area contributed by atoms with Gasteiger partial charge in [-0.3, -0.25) is 0 Å². The van der Waals surface area contributed by atoms with Crippen molar-refractivity contribution in [2.45, 2.75) is 121 Å². The van der Waals surface area contributed by atoms with Crippen LogP contribution in [0.2, 0.25) is 0 Å². The molecule has 2 rings (SSSR count). The summed E-state index contributed by atoms with van der Waals surface area (Å²) >= 11 is 0.